The van der Waals surface area contributed by atoms with Gasteiger partial charge in [-0.2, -0.15) is 0 Å². The molecule has 2 atom stereocenters. The third-order valence-electron chi connectivity index (χ3n) is 8.50. The second kappa shape index (κ2) is 12.7. The molecule has 1 aliphatic heterocycles. The molecule has 2 unspecified atom stereocenters. The van der Waals surface area contributed by atoms with E-state index in [0.29, 0.717) is 73.4 Å². The summed E-state index contributed by atoms with van der Waals surface area (Å²) >= 11 is 0. The van der Waals surface area contributed by atoms with Crippen molar-refractivity contribution in [2.45, 2.75) is 42.7 Å². The van der Waals surface area contributed by atoms with Crippen molar-refractivity contribution in [2.75, 3.05) is 29.9 Å². The Kier molecular flexibility index (Phi) is 9.02. The van der Waals surface area contributed by atoms with Gasteiger partial charge in [0.15, 0.2) is 0 Å². The highest BCUT2D eigenvalue weighted by Gasteiger charge is 2.41. The van der Waals surface area contributed by atoms with Gasteiger partial charge in [0.1, 0.15) is 11.6 Å². The molecular weight excluding hydrogens is 568 g/mol. The van der Waals surface area contributed by atoms with E-state index in [4.69, 9.17) is 16.3 Å². The zero-order valence-electron chi connectivity index (χ0n) is 23.7. The normalized spacial score (nSPS) is 21.6. The Hall–Kier alpha value is -3.97. The number of phenols is 1. The van der Waals surface area contributed by atoms with E-state index in [1.165, 1.54) is 12.1 Å². The van der Waals surface area contributed by atoms with Gasteiger partial charge in [0.2, 0.25) is 15.9 Å². The maximum Gasteiger partial charge on any atom is 0.238 e. The molecule has 1 aliphatic carbocycles. The Morgan fingerprint density at radius 1 is 1.05 bits per heavy atom. The minimum Gasteiger partial charge on any atom is -0.506 e. The topological polar surface area (TPSA) is 195 Å². The number of hydrogen-bond donors (Lipinski definition) is 7. The number of rotatable bonds is 8. The average Bonchev–Trinajstić information content (AvgIpc) is 2.99. The van der Waals surface area contributed by atoms with Crippen LogP contribution in [0.15, 0.2) is 71.6 Å². The van der Waals surface area contributed by atoms with E-state index >= 15 is 0 Å². The van der Waals surface area contributed by atoms with E-state index in [1.807, 2.05) is 4.90 Å². The Morgan fingerprint density at radius 3 is 2.42 bits per heavy atom. The number of nitrogen functional groups attached to an aromatic ring is 1. The van der Waals surface area contributed by atoms with Gasteiger partial charge in [0.05, 0.1) is 28.6 Å². The van der Waals surface area contributed by atoms with Gasteiger partial charge in [-0.1, -0.05) is 30.3 Å². The van der Waals surface area contributed by atoms with Gasteiger partial charge in [-0.3, -0.25) is 10.2 Å². The lowest BCUT2D eigenvalue weighted by atomic mass is 9.74. The fraction of sp³-hybridized carbons (Fsp3) is 0.355. The number of anilines is 2. The monoisotopic (exact) mass is 606 g/mol. The first-order valence-electron chi connectivity index (χ1n) is 14.4. The fourth-order valence-electron chi connectivity index (χ4n) is 6.34. The highest BCUT2D eigenvalue weighted by molar-refractivity contribution is 7.89. The average molecular weight is 607 g/mol. The van der Waals surface area contributed by atoms with Gasteiger partial charge in [0.25, 0.3) is 0 Å². The zero-order valence-corrected chi connectivity index (χ0v) is 24.6. The molecule has 228 valence electrons. The van der Waals surface area contributed by atoms with Crippen molar-refractivity contribution >= 4 is 33.1 Å². The van der Waals surface area contributed by atoms with E-state index in [2.05, 4.69) is 10.6 Å². The smallest absolute Gasteiger partial charge is 0.238 e. The van der Waals surface area contributed by atoms with Gasteiger partial charge < -0.3 is 31.5 Å². The summed E-state index contributed by atoms with van der Waals surface area (Å²) in [6.07, 6.45) is 2.21. The minimum atomic E-state index is -3.92. The summed E-state index contributed by atoms with van der Waals surface area (Å²) in [5, 5.41) is 40.8. The summed E-state index contributed by atoms with van der Waals surface area (Å²) in [6, 6.07) is 17.9. The van der Waals surface area contributed by atoms with Crippen molar-refractivity contribution in [3.63, 3.8) is 0 Å². The molecule has 11 nitrogen and oxygen atoms in total. The van der Waals surface area contributed by atoms with Crippen LogP contribution >= 0.6 is 0 Å². The number of carbonyl (C=O) groups is 1. The van der Waals surface area contributed by atoms with Crippen LogP contribution in [0.25, 0.3) is 11.1 Å². The predicted molar refractivity (Wildman–Crippen MR) is 166 cm³/mol. The molecule has 9 N–H and O–H groups in total. The Morgan fingerprint density at radius 2 is 1.74 bits per heavy atom. The molecule has 5 rings (SSSR count). The predicted octanol–water partition coefficient (Wildman–Crippen LogP) is 2.57. The number of nitrogens with zero attached hydrogens (tertiary/aromatic N) is 1. The van der Waals surface area contributed by atoms with Crippen LogP contribution in [-0.4, -0.2) is 62.2 Å². The van der Waals surface area contributed by atoms with E-state index in [-0.39, 0.29) is 40.5 Å². The van der Waals surface area contributed by atoms with Crippen molar-refractivity contribution in [2.24, 2.45) is 22.7 Å². The van der Waals surface area contributed by atoms with E-state index < -0.39 is 15.9 Å². The van der Waals surface area contributed by atoms with Crippen LogP contribution in [0.2, 0.25) is 0 Å². The van der Waals surface area contributed by atoms with E-state index in [0.717, 1.165) is 0 Å². The number of hydrogen-bond acceptors (Lipinski definition) is 8. The van der Waals surface area contributed by atoms with Crippen LogP contribution in [0.4, 0.5) is 11.4 Å². The maximum absolute atomic E-state index is 14.1. The second-order valence-corrected chi connectivity index (χ2v) is 12.8. The van der Waals surface area contributed by atoms with Gasteiger partial charge in [-0.25, -0.2) is 13.6 Å². The highest BCUT2D eigenvalue weighted by atomic mass is 32.2. The molecule has 12 heteroatoms. The van der Waals surface area contributed by atoms with Crippen LogP contribution in [0.5, 0.6) is 5.75 Å². The highest BCUT2D eigenvalue weighted by Crippen LogP contribution is 2.39. The van der Waals surface area contributed by atoms with Gasteiger partial charge in [0, 0.05) is 36.4 Å². The molecule has 3 aromatic rings. The molecular formula is C31H38N6O5S. The van der Waals surface area contributed by atoms with Gasteiger partial charge in [-0.05, 0) is 73.6 Å². The Balaban J connectivity index is 1.45. The van der Waals surface area contributed by atoms with Gasteiger partial charge >= 0.3 is 0 Å². The van der Waals surface area contributed by atoms with E-state index in [1.54, 1.807) is 54.6 Å². The van der Waals surface area contributed by atoms with Crippen LogP contribution in [0.3, 0.4) is 0 Å². The molecule has 1 saturated carbocycles. The van der Waals surface area contributed by atoms with Crippen molar-refractivity contribution in [1.82, 2.24) is 5.32 Å². The molecule has 2 aliphatic rings. The third-order valence-corrected chi connectivity index (χ3v) is 9.47. The first-order valence-corrected chi connectivity index (χ1v) is 15.9. The summed E-state index contributed by atoms with van der Waals surface area (Å²) < 4.78 is 24.2. The zero-order chi connectivity index (χ0) is 30.7. The summed E-state index contributed by atoms with van der Waals surface area (Å²) in [4.78, 5) is 16.2. The number of amides is 1. The van der Waals surface area contributed by atoms with Crippen molar-refractivity contribution in [3.05, 3.63) is 72.3 Å². The number of sulfonamides is 1. The molecule has 0 radical (unpaired) electrons. The number of phenolic OH excluding ortho intramolecular Hbond substituents is 1. The number of amidine groups is 1. The van der Waals surface area contributed by atoms with Crippen molar-refractivity contribution in [1.29, 1.82) is 5.41 Å². The van der Waals surface area contributed by atoms with Crippen LogP contribution in [0.1, 0.15) is 31.2 Å². The molecule has 1 saturated heterocycles. The molecule has 0 bridgehead atoms. The molecule has 0 aromatic heterocycles. The quantitative estimate of drug-likeness (QED) is 0.150. The van der Waals surface area contributed by atoms with Crippen LogP contribution in [-0.2, 0) is 14.8 Å². The SMILES string of the molecule is N=C(N)c1ccc(O)c(N2CCNCC2C(C(=O)Nc2ccc(-c3ccccc3S(N)(=O)=O)cc2)C2CCC(O)CC2)c1. The number of primary sulfonamides is 1. The van der Waals surface area contributed by atoms with Gasteiger partial charge in [-0.15, -0.1) is 0 Å². The van der Waals surface area contributed by atoms with Crippen molar-refractivity contribution < 1.29 is 23.4 Å². The second-order valence-electron chi connectivity index (χ2n) is 11.3. The lowest BCUT2D eigenvalue weighted by molar-refractivity contribution is -0.123. The molecule has 1 heterocycles. The van der Waals surface area contributed by atoms with Crippen molar-refractivity contribution in [3.8, 4) is 16.9 Å². The number of benzene rings is 3. The largest absolute Gasteiger partial charge is 0.506 e. The lowest BCUT2D eigenvalue weighted by Gasteiger charge is -2.45. The fourth-order valence-corrected chi connectivity index (χ4v) is 7.10. The lowest BCUT2D eigenvalue weighted by Crippen LogP contribution is -2.58. The number of carbonyl (C=O) groups excluding carboxylic acids is 1. The summed E-state index contributed by atoms with van der Waals surface area (Å²) in [6.45, 7) is 1.69. The van der Waals surface area contributed by atoms with Crippen LogP contribution < -0.4 is 26.4 Å². The number of aliphatic hydroxyl groups is 1. The number of nitrogens with one attached hydrogen (secondary N) is 3. The summed E-state index contributed by atoms with van der Waals surface area (Å²) in [7, 11) is -3.92. The van der Waals surface area contributed by atoms with Crippen LogP contribution in [0, 0.1) is 17.2 Å². The first kappa shape index (κ1) is 30.5. The number of piperazine rings is 1. The molecule has 43 heavy (non-hydrogen) atoms. The Labute approximate surface area is 251 Å². The first-order chi connectivity index (χ1) is 20.5. The number of aliphatic hydroxyl groups excluding tert-OH is 1. The molecule has 1 amide bonds. The Bertz CT molecular complexity index is 1590. The molecule has 0 spiro atoms. The standard InChI is InChI=1S/C31H38N6O5S/c32-30(33)21-9-14-27(39)25(17-21)37-16-15-35-18-26(37)29(20-7-12-23(38)13-8-20)31(40)36-22-10-5-19(6-11-22)24-3-1-2-4-28(24)43(34,41)42/h1-6,9-11,14,17,20,23,26,29,35,38-39H,7-8,12-13,15-16,18H2,(H3,32,33)(H,36,40)(H2,34,41,42). The summed E-state index contributed by atoms with van der Waals surface area (Å²) in [5.41, 5.74) is 8.41. The molecule has 2 fully saturated rings. The maximum atomic E-state index is 14.1. The number of nitrogens with two attached hydrogens (primary N) is 2. The summed E-state index contributed by atoms with van der Waals surface area (Å²) in [5.74, 6) is -0.734. The third kappa shape index (κ3) is 6.83. The number of aromatic hydroxyl groups is 1. The molecule has 3 aromatic carbocycles. The minimum absolute atomic E-state index is 0.00477. The van der Waals surface area contributed by atoms with E-state index in [9.17, 15) is 23.4 Å².